The molecule has 2 heterocycles. The molecule has 0 N–H and O–H groups in total. The molecule has 1 saturated carbocycles. The Morgan fingerprint density at radius 1 is 1.19 bits per heavy atom. The van der Waals surface area contributed by atoms with E-state index in [-0.39, 0.29) is 18.1 Å². The highest BCUT2D eigenvalue weighted by atomic mass is 16.5. The van der Waals surface area contributed by atoms with E-state index in [0.29, 0.717) is 11.7 Å². The van der Waals surface area contributed by atoms with Gasteiger partial charge in [0.15, 0.2) is 0 Å². The number of hydrogen-bond acceptors (Lipinski definition) is 6. The number of fused-ring (bicyclic) bond motifs is 1. The third-order valence-corrected chi connectivity index (χ3v) is 3.55. The monoisotopic (exact) mass is 280 g/mol. The summed E-state index contributed by atoms with van der Waals surface area (Å²) >= 11 is 0. The van der Waals surface area contributed by atoms with Gasteiger partial charge in [-0.3, -0.25) is 14.8 Å². The largest absolute Gasteiger partial charge is 0.339 e. The average molecular weight is 280 g/mol. The molecule has 0 aliphatic heterocycles. The zero-order valence-corrected chi connectivity index (χ0v) is 11.2. The second-order valence-electron chi connectivity index (χ2n) is 5.19. The molecule has 0 bridgehead atoms. The molecule has 21 heavy (non-hydrogen) atoms. The molecule has 1 fully saturated rings. The summed E-state index contributed by atoms with van der Waals surface area (Å²) in [5.74, 6) is 1.24. The zero-order chi connectivity index (χ0) is 14.2. The second-order valence-corrected chi connectivity index (χ2v) is 5.19. The molecule has 0 saturated heterocycles. The van der Waals surface area contributed by atoms with Gasteiger partial charge in [0.1, 0.15) is 5.78 Å². The molecule has 0 radical (unpaired) electrons. The summed E-state index contributed by atoms with van der Waals surface area (Å²) in [6.07, 6.45) is 5.50. The van der Waals surface area contributed by atoms with Crippen molar-refractivity contribution in [3.05, 3.63) is 36.5 Å². The first-order valence-electron chi connectivity index (χ1n) is 6.86. The van der Waals surface area contributed by atoms with Crippen molar-refractivity contribution in [1.29, 1.82) is 0 Å². The van der Waals surface area contributed by atoms with E-state index in [9.17, 15) is 4.79 Å². The molecule has 4 rings (SSSR count). The van der Waals surface area contributed by atoms with E-state index in [1.165, 1.54) is 0 Å². The van der Waals surface area contributed by atoms with E-state index in [2.05, 4.69) is 20.1 Å². The minimum Gasteiger partial charge on any atom is -0.339 e. The molecule has 0 spiro atoms. The van der Waals surface area contributed by atoms with Crippen LogP contribution in [0.5, 0.6) is 0 Å². The van der Waals surface area contributed by atoms with Crippen LogP contribution in [-0.2, 0) is 11.2 Å². The maximum absolute atomic E-state index is 11.7. The fourth-order valence-corrected chi connectivity index (χ4v) is 2.24. The van der Waals surface area contributed by atoms with Gasteiger partial charge in [0.2, 0.25) is 11.7 Å². The number of carbonyl (C=O) groups is 1. The number of Topliss-reactive ketones (excluding diaryl/α,β-unsaturated/α-hetero) is 1. The molecule has 0 unspecified atom stereocenters. The van der Waals surface area contributed by atoms with Gasteiger partial charge in [0.05, 0.1) is 17.5 Å². The van der Waals surface area contributed by atoms with Crippen LogP contribution < -0.4 is 0 Å². The summed E-state index contributed by atoms with van der Waals surface area (Å²) in [4.78, 5) is 24.5. The van der Waals surface area contributed by atoms with Crippen molar-refractivity contribution in [2.75, 3.05) is 0 Å². The number of nitrogens with zero attached hydrogens (tertiary/aromatic N) is 4. The van der Waals surface area contributed by atoms with Crippen molar-refractivity contribution in [1.82, 2.24) is 20.1 Å². The van der Waals surface area contributed by atoms with Gasteiger partial charge in [0.25, 0.3) is 0 Å². The van der Waals surface area contributed by atoms with Gasteiger partial charge >= 0.3 is 0 Å². The lowest BCUT2D eigenvalue weighted by Crippen LogP contribution is -2.04. The molecule has 6 heteroatoms. The molecule has 0 atom stereocenters. The molecule has 3 aromatic rings. The second kappa shape index (κ2) is 4.73. The zero-order valence-electron chi connectivity index (χ0n) is 11.2. The minimum absolute atomic E-state index is 0.189. The van der Waals surface area contributed by atoms with E-state index in [4.69, 9.17) is 4.52 Å². The normalized spacial score (nSPS) is 14.5. The van der Waals surface area contributed by atoms with Gasteiger partial charge in [-0.05, 0) is 31.0 Å². The molecular formula is C15H12N4O2. The van der Waals surface area contributed by atoms with Crippen LogP contribution in [0.1, 0.15) is 18.7 Å². The Labute approximate surface area is 120 Å². The lowest BCUT2D eigenvalue weighted by molar-refractivity contribution is -0.119. The van der Waals surface area contributed by atoms with Crippen LogP contribution in [0.2, 0.25) is 0 Å². The van der Waals surface area contributed by atoms with Gasteiger partial charge in [-0.15, -0.1) is 0 Å². The Morgan fingerprint density at radius 3 is 2.81 bits per heavy atom. The smallest absolute Gasteiger partial charge is 0.234 e. The van der Waals surface area contributed by atoms with Crippen LogP contribution in [-0.4, -0.2) is 25.9 Å². The fourth-order valence-electron chi connectivity index (χ4n) is 2.24. The Hall–Kier alpha value is -2.63. The third-order valence-electron chi connectivity index (χ3n) is 3.55. The summed E-state index contributed by atoms with van der Waals surface area (Å²) in [5, 5.41) is 3.94. The highest BCUT2D eigenvalue weighted by Crippen LogP contribution is 2.31. The topological polar surface area (TPSA) is 81.8 Å². The highest BCUT2D eigenvalue weighted by Gasteiger charge is 2.30. The number of ketones is 1. The van der Waals surface area contributed by atoms with E-state index >= 15 is 0 Å². The number of rotatable bonds is 4. The number of carbonyl (C=O) groups excluding carboxylic acids is 1. The summed E-state index contributed by atoms with van der Waals surface area (Å²) in [5.41, 5.74) is 2.39. The lowest BCUT2D eigenvalue weighted by Gasteiger charge is -1.97. The highest BCUT2D eigenvalue weighted by molar-refractivity contribution is 5.84. The van der Waals surface area contributed by atoms with Crippen molar-refractivity contribution < 1.29 is 9.32 Å². The Bertz CT molecular complexity index is 823. The maximum Gasteiger partial charge on any atom is 0.234 e. The number of aromatic nitrogens is 4. The molecule has 6 nitrogen and oxygen atoms in total. The first-order chi connectivity index (χ1) is 10.3. The minimum atomic E-state index is 0.189. The maximum atomic E-state index is 11.7. The van der Waals surface area contributed by atoms with Crippen LogP contribution in [0.3, 0.4) is 0 Å². The Kier molecular flexibility index (Phi) is 2.73. The quantitative estimate of drug-likeness (QED) is 0.728. The van der Waals surface area contributed by atoms with Gasteiger partial charge in [-0.1, -0.05) is 5.16 Å². The van der Waals surface area contributed by atoms with E-state index in [0.717, 1.165) is 29.4 Å². The van der Waals surface area contributed by atoms with E-state index in [1.54, 1.807) is 12.4 Å². The van der Waals surface area contributed by atoms with Crippen molar-refractivity contribution in [3.63, 3.8) is 0 Å². The van der Waals surface area contributed by atoms with Crippen LogP contribution in [0.25, 0.3) is 22.4 Å². The molecule has 2 aromatic heterocycles. The van der Waals surface area contributed by atoms with Crippen molar-refractivity contribution in [3.8, 4) is 11.4 Å². The predicted octanol–water partition coefficient (Wildman–Crippen LogP) is 2.20. The van der Waals surface area contributed by atoms with E-state index < -0.39 is 0 Å². The van der Waals surface area contributed by atoms with Crippen molar-refractivity contribution in [2.45, 2.75) is 19.3 Å². The fraction of sp³-hybridized carbons (Fsp3) is 0.267. The molecule has 0 amide bonds. The van der Waals surface area contributed by atoms with Crippen molar-refractivity contribution >= 4 is 16.8 Å². The summed E-state index contributed by atoms with van der Waals surface area (Å²) in [7, 11) is 0. The first kappa shape index (κ1) is 12.1. The van der Waals surface area contributed by atoms with Crippen molar-refractivity contribution in [2.24, 2.45) is 5.92 Å². The standard InChI is InChI=1S/C15H12N4O2/c20-13(9-1-2-9)8-14-18-15(19-21-14)10-3-4-11-12(7-10)17-6-5-16-11/h3-7,9H,1-2,8H2. The van der Waals surface area contributed by atoms with Gasteiger partial charge < -0.3 is 4.52 Å². The van der Waals surface area contributed by atoms with E-state index in [1.807, 2.05) is 18.2 Å². The summed E-state index contributed by atoms with van der Waals surface area (Å²) in [6.45, 7) is 0. The van der Waals surface area contributed by atoms with Crippen LogP contribution in [0.15, 0.2) is 35.1 Å². The predicted molar refractivity (Wildman–Crippen MR) is 74.3 cm³/mol. The Balaban J connectivity index is 1.62. The van der Waals surface area contributed by atoms with Gasteiger partial charge in [-0.2, -0.15) is 4.98 Å². The third kappa shape index (κ3) is 2.40. The molecule has 1 aliphatic carbocycles. The number of hydrogen-bond donors (Lipinski definition) is 0. The molecule has 1 aliphatic rings. The van der Waals surface area contributed by atoms with Crippen LogP contribution in [0.4, 0.5) is 0 Å². The molecular weight excluding hydrogens is 268 g/mol. The first-order valence-corrected chi connectivity index (χ1v) is 6.86. The summed E-state index contributed by atoms with van der Waals surface area (Å²) < 4.78 is 5.16. The Morgan fingerprint density at radius 2 is 2.00 bits per heavy atom. The molecule has 104 valence electrons. The van der Waals surface area contributed by atoms with Crippen LogP contribution >= 0.6 is 0 Å². The van der Waals surface area contributed by atoms with Gasteiger partial charge in [-0.25, -0.2) is 0 Å². The molecule has 1 aromatic carbocycles. The van der Waals surface area contributed by atoms with Gasteiger partial charge in [0, 0.05) is 23.9 Å². The average Bonchev–Trinajstić information content (AvgIpc) is 3.27. The van der Waals surface area contributed by atoms with Crippen LogP contribution in [0, 0.1) is 5.92 Å². The summed E-state index contributed by atoms with van der Waals surface area (Å²) in [6, 6.07) is 5.59. The number of benzene rings is 1. The lowest BCUT2D eigenvalue weighted by atomic mass is 10.2. The SMILES string of the molecule is O=C(Cc1nc(-c2ccc3nccnc3c2)no1)C1CC1.